The summed E-state index contributed by atoms with van der Waals surface area (Å²) < 4.78 is 5.09. The summed E-state index contributed by atoms with van der Waals surface area (Å²) in [6, 6.07) is 7.06. The number of allylic oxidation sites excluding steroid dienone is 1. The molecule has 142 valence electrons. The van der Waals surface area contributed by atoms with E-state index in [1.54, 1.807) is 44.0 Å². The van der Waals surface area contributed by atoms with Crippen LogP contribution in [-0.4, -0.2) is 45.7 Å². The van der Waals surface area contributed by atoms with E-state index in [1.165, 1.54) is 25.7 Å². The average Bonchev–Trinajstić information content (AvgIpc) is 2.70. The van der Waals surface area contributed by atoms with Crippen LogP contribution >= 0.6 is 0 Å². The summed E-state index contributed by atoms with van der Waals surface area (Å²) in [5, 5.41) is 9.43. The molecule has 0 unspecified atom stereocenters. The second kappa shape index (κ2) is 11.2. The molecule has 1 aliphatic rings. The lowest BCUT2D eigenvalue weighted by Gasteiger charge is -2.15. The lowest BCUT2D eigenvalue weighted by Crippen LogP contribution is -2.41. The quantitative estimate of drug-likeness (QED) is 0.289. The van der Waals surface area contributed by atoms with Crippen LogP contribution in [0.15, 0.2) is 40.9 Å². The van der Waals surface area contributed by atoms with Crippen LogP contribution in [0.5, 0.6) is 5.75 Å². The smallest absolute Gasteiger partial charge is 0.251 e. The van der Waals surface area contributed by atoms with Gasteiger partial charge in [0.05, 0.1) is 7.11 Å². The van der Waals surface area contributed by atoms with Crippen LogP contribution in [0.3, 0.4) is 0 Å². The van der Waals surface area contributed by atoms with Gasteiger partial charge in [0.15, 0.2) is 5.96 Å². The first-order valence-corrected chi connectivity index (χ1v) is 9.27. The van der Waals surface area contributed by atoms with Crippen LogP contribution < -0.4 is 20.7 Å². The summed E-state index contributed by atoms with van der Waals surface area (Å²) in [5.74, 6) is 1.41. The Hall–Kier alpha value is -2.50. The van der Waals surface area contributed by atoms with E-state index in [1.807, 2.05) is 0 Å². The Bertz CT molecular complexity index is 623. The fourth-order valence-corrected chi connectivity index (χ4v) is 2.90. The summed E-state index contributed by atoms with van der Waals surface area (Å²) >= 11 is 0. The number of nitrogens with one attached hydrogen (secondary N) is 3. The second-order valence-corrected chi connectivity index (χ2v) is 6.27. The van der Waals surface area contributed by atoms with E-state index >= 15 is 0 Å². The van der Waals surface area contributed by atoms with Gasteiger partial charge in [-0.2, -0.15) is 0 Å². The first kappa shape index (κ1) is 19.8. The minimum Gasteiger partial charge on any atom is -0.497 e. The molecule has 1 aromatic carbocycles. The zero-order valence-electron chi connectivity index (χ0n) is 15.8. The van der Waals surface area contributed by atoms with E-state index in [0.29, 0.717) is 18.7 Å². The first-order valence-electron chi connectivity index (χ1n) is 9.27. The van der Waals surface area contributed by atoms with Crippen molar-refractivity contribution in [2.45, 2.75) is 32.1 Å². The number of guanidine groups is 1. The van der Waals surface area contributed by atoms with E-state index in [2.05, 4.69) is 27.0 Å². The molecule has 0 aliphatic heterocycles. The summed E-state index contributed by atoms with van der Waals surface area (Å²) in [6.07, 6.45) is 8.52. The monoisotopic (exact) mass is 358 g/mol. The number of carbonyl (C=O) groups is 1. The molecule has 1 amide bonds. The molecule has 0 spiro atoms. The van der Waals surface area contributed by atoms with Crippen molar-refractivity contribution in [3.8, 4) is 5.75 Å². The van der Waals surface area contributed by atoms with Crippen molar-refractivity contribution < 1.29 is 9.53 Å². The standard InChI is InChI=1S/C20H30N4O2/c1-21-20(23-13-12-16-6-4-3-5-7-16)24-15-14-22-19(25)17-8-10-18(26-2)11-9-17/h6,8-11H,3-5,7,12-15H2,1-2H3,(H,22,25)(H2,21,23,24). The van der Waals surface area contributed by atoms with Gasteiger partial charge in [-0.1, -0.05) is 11.6 Å². The van der Waals surface area contributed by atoms with Gasteiger partial charge in [-0.25, -0.2) is 0 Å². The maximum absolute atomic E-state index is 12.1. The lowest BCUT2D eigenvalue weighted by atomic mass is 9.97. The lowest BCUT2D eigenvalue weighted by molar-refractivity contribution is 0.0954. The maximum atomic E-state index is 12.1. The Morgan fingerprint density at radius 1 is 1.08 bits per heavy atom. The molecule has 0 bridgehead atoms. The highest BCUT2D eigenvalue weighted by molar-refractivity contribution is 5.94. The highest BCUT2D eigenvalue weighted by Crippen LogP contribution is 2.19. The minimum atomic E-state index is -0.0957. The SMILES string of the molecule is CN=C(NCCNC(=O)c1ccc(OC)cc1)NCCC1=CCCCC1. The molecule has 1 aromatic rings. The predicted molar refractivity (Wildman–Crippen MR) is 106 cm³/mol. The Labute approximate surface area is 156 Å². The van der Waals surface area contributed by atoms with Gasteiger partial charge in [0, 0.05) is 32.2 Å². The topological polar surface area (TPSA) is 74.8 Å². The van der Waals surface area contributed by atoms with Gasteiger partial charge < -0.3 is 20.7 Å². The largest absolute Gasteiger partial charge is 0.497 e. The van der Waals surface area contributed by atoms with E-state index < -0.39 is 0 Å². The Kier molecular flexibility index (Phi) is 8.52. The van der Waals surface area contributed by atoms with Gasteiger partial charge in [-0.15, -0.1) is 0 Å². The maximum Gasteiger partial charge on any atom is 0.251 e. The molecule has 0 saturated carbocycles. The van der Waals surface area contributed by atoms with Crippen LogP contribution in [0.2, 0.25) is 0 Å². The number of ether oxygens (including phenoxy) is 1. The Morgan fingerprint density at radius 3 is 2.46 bits per heavy atom. The summed E-state index contributed by atoms with van der Waals surface area (Å²) in [6.45, 7) is 2.02. The van der Waals surface area contributed by atoms with Crippen molar-refractivity contribution in [1.29, 1.82) is 0 Å². The molecular weight excluding hydrogens is 328 g/mol. The molecule has 0 heterocycles. The molecule has 0 radical (unpaired) electrons. The van der Waals surface area contributed by atoms with Gasteiger partial charge in [-0.3, -0.25) is 9.79 Å². The number of rotatable bonds is 8. The number of methoxy groups -OCH3 is 1. The molecule has 0 aromatic heterocycles. The number of aliphatic imine (C=N–C) groups is 1. The van der Waals surface area contributed by atoms with Gasteiger partial charge in [0.25, 0.3) is 5.91 Å². The zero-order valence-corrected chi connectivity index (χ0v) is 15.8. The van der Waals surface area contributed by atoms with E-state index in [-0.39, 0.29) is 5.91 Å². The molecule has 1 aliphatic carbocycles. The van der Waals surface area contributed by atoms with E-state index in [4.69, 9.17) is 4.74 Å². The second-order valence-electron chi connectivity index (χ2n) is 6.27. The zero-order chi connectivity index (χ0) is 18.6. The number of nitrogens with zero attached hydrogens (tertiary/aromatic N) is 1. The van der Waals surface area contributed by atoms with Gasteiger partial charge in [0.1, 0.15) is 5.75 Å². The number of carbonyl (C=O) groups excluding carboxylic acids is 1. The van der Waals surface area contributed by atoms with Crippen molar-refractivity contribution >= 4 is 11.9 Å². The molecule has 0 saturated heterocycles. The average molecular weight is 358 g/mol. The third-order valence-corrected chi connectivity index (χ3v) is 4.40. The van der Waals surface area contributed by atoms with Crippen molar-refractivity contribution in [2.24, 2.45) is 4.99 Å². The number of amides is 1. The predicted octanol–water partition coefficient (Wildman–Crippen LogP) is 2.48. The molecule has 26 heavy (non-hydrogen) atoms. The van der Waals surface area contributed by atoms with Crippen LogP contribution in [0.1, 0.15) is 42.5 Å². The highest BCUT2D eigenvalue weighted by atomic mass is 16.5. The van der Waals surface area contributed by atoms with Crippen molar-refractivity contribution in [3.63, 3.8) is 0 Å². The van der Waals surface area contributed by atoms with E-state index in [0.717, 1.165) is 24.7 Å². The molecule has 2 rings (SSSR count). The van der Waals surface area contributed by atoms with Crippen LogP contribution in [0.25, 0.3) is 0 Å². The highest BCUT2D eigenvalue weighted by Gasteiger charge is 2.06. The third-order valence-electron chi connectivity index (χ3n) is 4.40. The molecule has 6 heteroatoms. The van der Waals surface area contributed by atoms with Gasteiger partial charge in [0.2, 0.25) is 0 Å². The minimum absolute atomic E-state index is 0.0957. The van der Waals surface area contributed by atoms with Crippen molar-refractivity contribution in [2.75, 3.05) is 33.8 Å². The summed E-state index contributed by atoms with van der Waals surface area (Å²) in [5.41, 5.74) is 2.17. The van der Waals surface area contributed by atoms with Crippen molar-refractivity contribution in [3.05, 3.63) is 41.5 Å². The number of hydrogen-bond acceptors (Lipinski definition) is 3. The number of benzene rings is 1. The molecule has 3 N–H and O–H groups in total. The molecule has 0 fully saturated rings. The van der Waals surface area contributed by atoms with Crippen LogP contribution in [0, 0.1) is 0 Å². The Balaban J connectivity index is 1.62. The summed E-state index contributed by atoms with van der Waals surface area (Å²) in [7, 11) is 3.36. The first-order chi connectivity index (χ1) is 12.7. The molecule has 0 atom stereocenters. The molecule has 6 nitrogen and oxygen atoms in total. The van der Waals surface area contributed by atoms with Gasteiger partial charge in [-0.05, 0) is 56.4 Å². The third kappa shape index (κ3) is 6.78. The van der Waals surface area contributed by atoms with E-state index in [9.17, 15) is 4.79 Å². The normalized spacial score (nSPS) is 14.4. The fourth-order valence-electron chi connectivity index (χ4n) is 2.90. The van der Waals surface area contributed by atoms with Gasteiger partial charge >= 0.3 is 0 Å². The number of hydrogen-bond donors (Lipinski definition) is 3. The summed E-state index contributed by atoms with van der Waals surface area (Å²) in [4.78, 5) is 16.3. The van der Waals surface area contributed by atoms with Crippen LogP contribution in [-0.2, 0) is 0 Å². The van der Waals surface area contributed by atoms with Crippen molar-refractivity contribution in [1.82, 2.24) is 16.0 Å². The molecular formula is C20H30N4O2. The Morgan fingerprint density at radius 2 is 1.81 bits per heavy atom. The van der Waals surface area contributed by atoms with Crippen LogP contribution in [0.4, 0.5) is 0 Å². The fraction of sp³-hybridized carbons (Fsp3) is 0.500.